The van der Waals surface area contributed by atoms with Crippen molar-refractivity contribution in [3.05, 3.63) is 48.6 Å². The lowest BCUT2D eigenvalue weighted by molar-refractivity contribution is -0.390. The van der Waals surface area contributed by atoms with Gasteiger partial charge in [0, 0.05) is 0 Å². The van der Waals surface area contributed by atoms with Crippen molar-refractivity contribution in [2.75, 3.05) is 26.4 Å². The highest BCUT2D eigenvalue weighted by Crippen LogP contribution is 2.38. The molecule has 0 spiro atoms. The van der Waals surface area contributed by atoms with E-state index in [1.165, 1.54) is 6.08 Å². The van der Waals surface area contributed by atoms with Gasteiger partial charge in [-0.1, -0.05) is 57.2 Å². The molecule has 0 radical (unpaired) electrons. The minimum absolute atomic E-state index is 0.00504. The van der Waals surface area contributed by atoms with Crippen LogP contribution >= 0.6 is 0 Å². The maximum atomic E-state index is 11.6. The second kappa shape index (κ2) is 20.3. The maximum Gasteiger partial charge on any atom is 0.187 e. The van der Waals surface area contributed by atoms with E-state index in [1.807, 2.05) is 51.1 Å². The quantitative estimate of drug-likeness (QED) is 0.0794. The van der Waals surface area contributed by atoms with Crippen LogP contribution in [0.5, 0.6) is 0 Å². The van der Waals surface area contributed by atoms with Crippen molar-refractivity contribution in [3.63, 3.8) is 0 Å². The van der Waals surface area contributed by atoms with Gasteiger partial charge in [0.05, 0.1) is 39.1 Å². The van der Waals surface area contributed by atoms with Gasteiger partial charge >= 0.3 is 0 Å². The summed E-state index contributed by atoms with van der Waals surface area (Å²) in [6.45, 7) is 7.37. The van der Waals surface area contributed by atoms with Crippen LogP contribution in [-0.2, 0) is 49.2 Å². The Morgan fingerprint density at radius 3 is 1.45 bits per heavy atom. The lowest BCUT2D eigenvalue weighted by Gasteiger charge is -2.49. The number of hydrogen-bond donors (Lipinski definition) is 9. The largest absolute Gasteiger partial charge is 0.394 e. The normalized spacial score (nSPS) is 45.3. The molecule has 0 bridgehead atoms. The van der Waals surface area contributed by atoms with Gasteiger partial charge in [-0.05, 0) is 23.8 Å². The molecule has 0 aliphatic carbocycles. The molecule has 314 valence electrons. The summed E-state index contributed by atoms with van der Waals surface area (Å²) in [4.78, 5) is 0. The number of hydrogen-bond acceptors (Lipinski definition) is 18. The second-order valence-corrected chi connectivity index (χ2v) is 14.5. The number of aliphatic hydroxyl groups excluding tert-OH is 9. The maximum absolute atomic E-state index is 11.6. The van der Waals surface area contributed by atoms with Crippen LogP contribution in [0.3, 0.4) is 0 Å². The van der Waals surface area contributed by atoms with Crippen molar-refractivity contribution in [3.8, 4) is 0 Å². The molecule has 8 unspecified atom stereocenters. The lowest BCUT2D eigenvalue weighted by Crippen LogP contribution is -2.67. The van der Waals surface area contributed by atoms with Gasteiger partial charge in [0.15, 0.2) is 25.2 Å². The minimum Gasteiger partial charge on any atom is -0.394 e. The molecular weight excluding hydrogens is 732 g/mol. The van der Waals surface area contributed by atoms with Crippen LogP contribution in [0.1, 0.15) is 32.8 Å². The molecule has 9 N–H and O–H groups in total. The topological polar surface area (TPSA) is 265 Å². The van der Waals surface area contributed by atoms with E-state index >= 15 is 0 Å². The molecule has 1 aromatic carbocycles. The van der Waals surface area contributed by atoms with Gasteiger partial charge in [-0.15, -0.1) is 6.58 Å². The molecule has 4 saturated heterocycles. The van der Waals surface area contributed by atoms with Crippen LogP contribution in [0.2, 0.25) is 0 Å². The molecule has 18 nitrogen and oxygen atoms in total. The van der Waals surface area contributed by atoms with Crippen molar-refractivity contribution in [1.29, 1.82) is 0 Å². The predicted octanol–water partition coefficient (Wildman–Crippen LogP) is -2.35. The number of ether oxygens (including phenoxy) is 9. The first-order valence-corrected chi connectivity index (χ1v) is 18.8. The first-order chi connectivity index (χ1) is 26.4. The van der Waals surface area contributed by atoms with Crippen LogP contribution in [0, 0.1) is 11.8 Å². The molecule has 55 heavy (non-hydrogen) atoms. The van der Waals surface area contributed by atoms with Crippen molar-refractivity contribution in [2.45, 2.75) is 144 Å². The third-order valence-corrected chi connectivity index (χ3v) is 10.9. The van der Waals surface area contributed by atoms with E-state index in [4.69, 9.17) is 42.6 Å². The zero-order valence-corrected chi connectivity index (χ0v) is 31.2. The Hall–Kier alpha value is -1.76. The standard InChI is InChI=1S/C37H58O18/c1-5-12-47-31-24(41)21(13-38)50-34(27(31)44)54-33-26(43)23(15-40)52-36(29(33)46)55-32-25(42)22(14-39)51-35(28(32)45)53-30-18(4)17(3)20(6-2)49-37(30)48-16-19-10-8-7-9-11-19/h5,7-11,17-18,20-46H,1,6,12-16H2,2-4H3/t17-,18-,20?,21?,22?,23?,24+,25+,26+,27?,28?,29?,30?,31-,32-,33-,34+,35+,36+,37-/m0/s1. The molecular formula is C37H58O18. The zero-order valence-electron chi connectivity index (χ0n) is 31.2. The summed E-state index contributed by atoms with van der Waals surface area (Å²) in [6, 6.07) is 9.45. The second-order valence-electron chi connectivity index (χ2n) is 14.5. The summed E-state index contributed by atoms with van der Waals surface area (Å²) in [5.41, 5.74) is 0.894. The van der Waals surface area contributed by atoms with Crippen molar-refractivity contribution >= 4 is 0 Å². The SMILES string of the molecule is C=CCO[C@@H]1C(O)[C@@H](O[C@@H]2C(O)[C@@H](O[C@@H]3C(O)[C@@H](OC4[C@@H](OCc5ccccc5)OC(CC)[C@@H](C)[C@@H]4C)OC(CO)[C@H]3O)OC(CO)[C@H]2O)OC(CO)[C@H]1O. The number of aliphatic hydroxyl groups is 9. The highest BCUT2D eigenvalue weighted by Gasteiger charge is 2.55. The van der Waals surface area contributed by atoms with Crippen molar-refractivity contribution in [2.24, 2.45) is 11.8 Å². The van der Waals surface area contributed by atoms with Gasteiger partial charge < -0.3 is 88.6 Å². The minimum atomic E-state index is -1.93. The number of rotatable bonds is 16. The Kier molecular flexibility index (Phi) is 16.4. The van der Waals surface area contributed by atoms with Crippen molar-refractivity contribution < 1.29 is 88.6 Å². The van der Waals surface area contributed by atoms with E-state index in [2.05, 4.69) is 6.58 Å². The summed E-state index contributed by atoms with van der Waals surface area (Å²) in [5, 5.41) is 97.0. The predicted molar refractivity (Wildman–Crippen MR) is 186 cm³/mol. The van der Waals surface area contributed by atoms with E-state index in [0.29, 0.717) is 6.42 Å². The molecule has 0 amide bonds. The third kappa shape index (κ3) is 9.93. The van der Waals surface area contributed by atoms with Crippen LogP contribution < -0.4 is 0 Å². The summed E-state index contributed by atoms with van der Waals surface area (Å²) in [5.74, 6) is -0.192. The highest BCUT2D eigenvalue weighted by atomic mass is 16.8. The van der Waals surface area contributed by atoms with E-state index < -0.39 is 124 Å². The summed E-state index contributed by atoms with van der Waals surface area (Å²) < 4.78 is 53.2. The number of benzene rings is 1. The Balaban J connectivity index is 1.34. The molecule has 4 aliphatic heterocycles. The van der Waals surface area contributed by atoms with E-state index in [1.54, 1.807) is 0 Å². The monoisotopic (exact) mass is 790 g/mol. The lowest BCUT2D eigenvalue weighted by atomic mass is 9.82. The van der Waals surface area contributed by atoms with Crippen LogP contribution in [0.25, 0.3) is 0 Å². The first kappa shape index (κ1) is 44.3. The van der Waals surface area contributed by atoms with Crippen LogP contribution in [0.15, 0.2) is 43.0 Å². The fourth-order valence-corrected chi connectivity index (χ4v) is 7.46. The van der Waals surface area contributed by atoms with Gasteiger partial charge in [0.25, 0.3) is 0 Å². The Labute approximate surface area is 319 Å². The fourth-order valence-electron chi connectivity index (χ4n) is 7.46. The molecule has 5 rings (SSSR count). The smallest absolute Gasteiger partial charge is 0.187 e. The molecule has 20 atom stereocenters. The van der Waals surface area contributed by atoms with E-state index in [9.17, 15) is 46.0 Å². The molecule has 0 aromatic heterocycles. The summed E-state index contributed by atoms with van der Waals surface area (Å²) in [7, 11) is 0. The molecule has 18 heteroatoms. The average Bonchev–Trinajstić information content (AvgIpc) is 3.19. The first-order valence-electron chi connectivity index (χ1n) is 18.8. The van der Waals surface area contributed by atoms with E-state index in [-0.39, 0.29) is 31.2 Å². The van der Waals surface area contributed by atoms with Gasteiger partial charge in [-0.25, -0.2) is 0 Å². The Morgan fingerprint density at radius 1 is 0.564 bits per heavy atom. The van der Waals surface area contributed by atoms with Crippen LogP contribution in [0.4, 0.5) is 0 Å². The average molecular weight is 791 g/mol. The van der Waals surface area contributed by atoms with Crippen molar-refractivity contribution in [1.82, 2.24) is 0 Å². The molecule has 4 heterocycles. The molecule has 0 saturated carbocycles. The molecule has 1 aromatic rings. The summed E-state index contributed by atoms with van der Waals surface area (Å²) >= 11 is 0. The van der Waals surface area contributed by atoms with Gasteiger partial charge in [0.2, 0.25) is 0 Å². The van der Waals surface area contributed by atoms with E-state index in [0.717, 1.165) is 5.56 Å². The summed E-state index contributed by atoms with van der Waals surface area (Å²) in [6.07, 6.45) is -24.0. The third-order valence-electron chi connectivity index (χ3n) is 10.9. The molecule has 4 aliphatic rings. The van der Waals surface area contributed by atoms with Gasteiger partial charge in [0.1, 0.15) is 79.4 Å². The Bertz CT molecular complexity index is 1300. The zero-order chi connectivity index (χ0) is 40.0. The Morgan fingerprint density at radius 2 is 1.00 bits per heavy atom. The fraction of sp³-hybridized carbons (Fsp3) is 0.784. The van der Waals surface area contributed by atoms with Crippen LogP contribution in [-0.4, -0.2) is 183 Å². The highest BCUT2D eigenvalue weighted by molar-refractivity contribution is 5.13. The van der Waals surface area contributed by atoms with Gasteiger partial charge in [-0.3, -0.25) is 0 Å². The molecule has 4 fully saturated rings. The van der Waals surface area contributed by atoms with Gasteiger partial charge in [-0.2, -0.15) is 0 Å².